The highest BCUT2D eigenvalue weighted by atomic mass is 127. The van der Waals surface area contributed by atoms with Gasteiger partial charge in [-0.3, -0.25) is 22.8 Å². The maximum Gasteiger partial charge on any atom is 0.167 e. The Bertz CT molecular complexity index is 5070. The molecule has 0 amide bonds. The zero-order chi connectivity index (χ0) is 86.2. The molecule has 5 fully saturated rings. The molecule has 16 N–H and O–H groups in total. The normalized spacial score (nSPS) is 28.1. The van der Waals surface area contributed by atoms with Crippen molar-refractivity contribution in [3.05, 3.63) is 86.5 Å². The number of methoxy groups -OCH3 is 1. The fourth-order valence-corrected chi connectivity index (χ4v) is 21.2. The number of ether oxygens (including phenoxy) is 6. The number of pyridine rings is 4. The van der Waals surface area contributed by atoms with Crippen LogP contribution >= 0.6 is 73.0 Å². The molecule has 0 aliphatic carbocycles. The monoisotopic (exact) mass is 1900 g/mol. The Morgan fingerprint density at radius 3 is 1.12 bits per heavy atom. The van der Waals surface area contributed by atoms with E-state index < -0.39 is 95.7 Å². The molecule has 0 radical (unpaired) electrons. The van der Waals surface area contributed by atoms with Gasteiger partial charge in [-0.25, -0.2) is 54.8 Å². The Balaban J connectivity index is 0.000000145. The van der Waals surface area contributed by atoms with Gasteiger partial charge in [0.1, 0.15) is 64.1 Å². The quantitative estimate of drug-likeness (QED) is 0.0172. The van der Waals surface area contributed by atoms with Crippen LogP contribution in [-0.4, -0.2) is 326 Å². The van der Waals surface area contributed by atoms with Crippen molar-refractivity contribution in [2.24, 2.45) is 5.92 Å². The van der Waals surface area contributed by atoms with Gasteiger partial charge in [0.2, 0.25) is 0 Å². The van der Waals surface area contributed by atoms with Gasteiger partial charge >= 0.3 is 0 Å². The zero-order valence-electron chi connectivity index (χ0n) is 69.5. The van der Waals surface area contributed by atoms with Crippen LogP contribution in [-0.2, 0) is 34.8 Å². The van der Waals surface area contributed by atoms with E-state index in [1.165, 1.54) is 6.33 Å². The molecular formula is C78H120BrIN21O12P5. The number of anilines is 5. The van der Waals surface area contributed by atoms with Gasteiger partial charge in [0.05, 0.1) is 112 Å². The first-order valence-corrected chi connectivity index (χ1v) is 56.6. The minimum atomic E-state index is -1.23. The molecule has 15 rings (SSSR count). The smallest absolute Gasteiger partial charge is 0.167 e. The Labute approximate surface area is 711 Å². The van der Waals surface area contributed by atoms with E-state index in [4.69, 9.17) is 57.1 Å². The van der Waals surface area contributed by atoms with E-state index >= 15 is 0 Å². The molecule has 5 aliphatic heterocycles. The predicted molar refractivity (Wildman–Crippen MR) is 500 cm³/mol. The Kier molecular flexibility index (Phi) is 30.1. The van der Waals surface area contributed by atoms with Crippen LogP contribution < -0.4 is 28.7 Å². The number of hydrogen-bond donors (Lipinski definition) is 11. The summed E-state index contributed by atoms with van der Waals surface area (Å²) in [6, 6.07) is 6.89. The highest BCUT2D eigenvalue weighted by molar-refractivity contribution is 14.1. The lowest BCUT2D eigenvalue weighted by Crippen LogP contribution is -2.33. The molecule has 15 heterocycles. The van der Waals surface area contributed by atoms with Crippen molar-refractivity contribution in [2.75, 3.05) is 133 Å². The van der Waals surface area contributed by atoms with Gasteiger partial charge in [-0.15, -0.1) is 65.9 Å². The minimum absolute atomic E-state index is 0.0353. The van der Waals surface area contributed by atoms with Crippen molar-refractivity contribution in [3.8, 4) is 0 Å². The maximum absolute atomic E-state index is 10.6. The first kappa shape index (κ1) is 93.0. The number of alkyl halides is 2. The fraction of sp³-hybridized carbons (Fsp3) is 0.564. The van der Waals surface area contributed by atoms with Crippen molar-refractivity contribution in [2.45, 2.75) is 166 Å². The standard InChI is InChI=1S/C16H26N5O3P.C16H25N4O3P.C16H25N4O2P.C15H22BrN4O2P.C15H22IN4O2P/c1-5-10-19-14(17)11-15(20-10)21(8-18-11)16-13(23)12(22)9(24-16)6-7-25(2,3)4;1-22-14-13(21)11(6-8-24(2,3)4)23-16(14)20-9-19-12-10(17)5-7-18-15(12)20;1-10-14(21)12(6-8-23(2,3)4)22-16(10)20-9-19-13-11(17)5-7-18-15(13)20;2*1-23(2,3)7-5-10-13(21)11(16)15(22-10)20-8-19-12-9(17)4-6-18-14(12)20/h8-9,12-13,16,22-23H,2,5-7H2,1,3-4H3,(H2,17,19,20);5,7,9,11,13-14,16,21H,2,6,8H2,1,3-4H3,(H2,17,18);5,7,9-10,12,14,16,21H,2,6,8H2,1,3-4H3,(H2,17,18);2*4,6,8,10-11,13,15,21H,1,5,7H2,2-3H3,(H2,17,18)/t9-,12-,13-,16?;11-,13-,14-,16?;10-,12-,14+,16?;2*10-,11-,13-,15?/m11111/s1. The van der Waals surface area contributed by atoms with Crippen molar-refractivity contribution in [3.63, 3.8) is 0 Å². The largest absolute Gasteiger partial charge is 0.397 e. The van der Waals surface area contributed by atoms with E-state index in [1.54, 1.807) is 90.6 Å². The molecule has 5 saturated heterocycles. The molecule has 40 heteroatoms. The van der Waals surface area contributed by atoms with Gasteiger partial charge in [-0.2, -0.15) is 0 Å². The van der Waals surface area contributed by atoms with E-state index in [2.05, 4.69) is 191 Å². The number of rotatable bonds is 22. The summed E-state index contributed by atoms with van der Waals surface area (Å²) in [5.74, 6) is 0.862. The third-order valence-electron chi connectivity index (χ3n) is 21.4. The van der Waals surface area contributed by atoms with Crippen LogP contribution in [0.5, 0.6) is 0 Å². The molecule has 20 atom stereocenters. The van der Waals surface area contributed by atoms with Crippen LogP contribution in [0, 0.1) is 5.92 Å². The Morgan fingerprint density at radius 2 is 0.720 bits per heavy atom. The number of aliphatic hydroxyl groups is 6. The summed E-state index contributed by atoms with van der Waals surface area (Å²) < 4.78 is 44.9. The van der Waals surface area contributed by atoms with Crippen molar-refractivity contribution in [1.29, 1.82) is 0 Å². The van der Waals surface area contributed by atoms with Crippen LogP contribution in [0.25, 0.3) is 55.8 Å². The SMILES string of the molecule is C=P(C)(C)CC[C@H]1OC(n2cnc3c(N)ccnc32)[C@H](Br)[C@@H]1O.C=P(C)(C)CC[C@H]1OC(n2cnc3c(N)ccnc32)[C@H](C)[C@@H]1O.C=P(C)(C)CC[C@H]1OC(n2cnc3c(N)ccnc32)[C@H](I)[C@@H]1O.C=P(C)(C)CC[C@H]1OC(n2cnc3c(N)ccnc32)[C@H](OC)[C@@H]1O.C=P(C)(C)CC[C@H]1OC(n2cnc3c(N)nc(CC)nc32)[C@H](O)[C@@H]1O. The minimum Gasteiger partial charge on any atom is -0.397 e. The molecule has 0 saturated carbocycles. The number of imidazole rings is 5. The molecule has 10 aromatic heterocycles. The second-order valence-electron chi connectivity index (χ2n) is 34.6. The summed E-state index contributed by atoms with van der Waals surface area (Å²) >= 11 is 5.82. The lowest BCUT2D eigenvalue weighted by molar-refractivity contribution is -0.0496. The van der Waals surface area contributed by atoms with E-state index in [-0.39, 0.29) is 57.8 Å². The highest BCUT2D eigenvalue weighted by Crippen LogP contribution is 2.48. The number of fused-ring (bicyclic) bond motifs is 5. The van der Waals surface area contributed by atoms with Gasteiger partial charge < -0.3 is 87.7 Å². The van der Waals surface area contributed by atoms with Crippen molar-refractivity contribution < 1.29 is 59.1 Å². The number of aryl methyl sites for hydroxylation is 1. The predicted octanol–water partition coefficient (Wildman–Crippen LogP) is 8.39. The van der Waals surface area contributed by atoms with Gasteiger partial charge in [0, 0.05) is 44.2 Å². The molecule has 648 valence electrons. The maximum atomic E-state index is 10.6. The van der Waals surface area contributed by atoms with E-state index in [0.717, 1.165) is 56.5 Å². The number of halogens is 2. The summed E-state index contributed by atoms with van der Waals surface area (Å²) in [6.45, 7) is 19.9. The second kappa shape index (κ2) is 38.2. The van der Waals surface area contributed by atoms with E-state index in [1.807, 2.05) is 27.5 Å². The molecule has 118 heavy (non-hydrogen) atoms. The molecule has 0 spiro atoms. The summed E-state index contributed by atoms with van der Waals surface area (Å²) in [4.78, 5) is 47.4. The summed E-state index contributed by atoms with van der Waals surface area (Å²) in [5.41, 5.74) is 38.3. The topological polar surface area (TPSA) is 473 Å². The van der Waals surface area contributed by atoms with Crippen LogP contribution in [0.3, 0.4) is 0 Å². The first-order chi connectivity index (χ1) is 55.4. The van der Waals surface area contributed by atoms with Crippen LogP contribution in [0.4, 0.5) is 28.6 Å². The van der Waals surface area contributed by atoms with Crippen molar-refractivity contribution >= 4 is 189 Å². The lowest BCUT2D eigenvalue weighted by Gasteiger charge is -2.20. The first-order valence-electron chi connectivity index (χ1n) is 39.2. The molecule has 10 aromatic rings. The number of hydrogen-bond acceptors (Lipinski definition) is 28. The highest BCUT2D eigenvalue weighted by Gasteiger charge is 2.49. The summed E-state index contributed by atoms with van der Waals surface area (Å²) in [5, 5.41) is 63.0. The lowest BCUT2D eigenvalue weighted by atomic mass is 10.0. The third kappa shape index (κ3) is 21.9. The zero-order valence-corrected chi connectivity index (χ0v) is 77.7. The average molecular weight is 1910 g/mol. The molecule has 5 unspecified atom stereocenters. The second-order valence-corrected chi connectivity index (χ2v) is 58.6. The van der Waals surface area contributed by atoms with Gasteiger partial charge in [-0.1, -0.05) is 52.4 Å². The van der Waals surface area contributed by atoms with Crippen molar-refractivity contribution in [1.82, 2.24) is 77.7 Å². The number of nitrogens with two attached hydrogens (primary N) is 5. The molecule has 0 bridgehead atoms. The molecule has 0 aromatic carbocycles. The van der Waals surface area contributed by atoms with E-state index in [9.17, 15) is 30.6 Å². The van der Waals surface area contributed by atoms with E-state index in [0.29, 0.717) is 103 Å². The van der Waals surface area contributed by atoms with Crippen LogP contribution in [0.15, 0.2) is 80.7 Å². The number of aromatic nitrogens is 16. The molecule has 33 nitrogen and oxygen atoms in total. The summed E-state index contributed by atoms with van der Waals surface area (Å²) in [6.07, 6.45) is 37.0. The van der Waals surface area contributed by atoms with Gasteiger partial charge in [0.25, 0.3) is 0 Å². The Morgan fingerprint density at radius 1 is 0.407 bits per heavy atom. The number of aliphatic hydroxyl groups excluding tert-OH is 6. The molecular weight excluding hydrogens is 1780 g/mol. The number of nitrogens with zero attached hydrogens (tertiary/aromatic N) is 16. The third-order valence-corrected chi connectivity index (χ3v) is 31.1. The summed E-state index contributed by atoms with van der Waals surface area (Å²) in [7, 11) is 1.58. The van der Waals surface area contributed by atoms with Crippen LogP contribution in [0.2, 0.25) is 0 Å². The number of nitrogen functional groups attached to an aromatic ring is 5. The average Bonchev–Trinajstić information content (AvgIpc) is 1.64. The Hall–Kier alpha value is -5.74. The molecule has 5 aliphatic rings. The van der Waals surface area contributed by atoms with Gasteiger partial charge in [-0.05, 0) is 154 Å². The van der Waals surface area contributed by atoms with Gasteiger partial charge in [0.15, 0.2) is 59.0 Å². The van der Waals surface area contributed by atoms with Crippen LogP contribution in [0.1, 0.15) is 82.9 Å². The fourth-order valence-electron chi connectivity index (χ4n) is 14.7.